The summed E-state index contributed by atoms with van der Waals surface area (Å²) >= 11 is 0. The van der Waals surface area contributed by atoms with Gasteiger partial charge >= 0.3 is 11.9 Å². The predicted molar refractivity (Wildman–Crippen MR) is 87.6 cm³/mol. The van der Waals surface area contributed by atoms with Gasteiger partial charge in [-0.15, -0.1) is 4.99 Å². The number of nitrogens with two attached hydrogens (primary N) is 1. The number of amidine groups is 1. The molecule has 1 unspecified atom stereocenters. The third-order valence-corrected chi connectivity index (χ3v) is 3.92. The van der Waals surface area contributed by atoms with Crippen LogP contribution in [0.1, 0.15) is 11.1 Å². The lowest BCUT2D eigenvalue weighted by Crippen LogP contribution is -2.55. The summed E-state index contributed by atoms with van der Waals surface area (Å²) in [7, 11) is 0. The molecule has 0 bridgehead atoms. The number of carbonyl (C=O) groups excluding carboxylic acids is 3. The van der Waals surface area contributed by atoms with Crippen molar-refractivity contribution in [3.63, 3.8) is 0 Å². The zero-order valence-electron chi connectivity index (χ0n) is 13.2. The van der Waals surface area contributed by atoms with Gasteiger partial charge in [-0.1, -0.05) is 35.9 Å². The molecule has 2 aliphatic rings. The Hall–Kier alpha value is -3.09. The number of amides is 4. The molecule has 4 amide bonds. The van der Waals surface area contributed by atoms with Crippen molar-refractivity contribution in [3.8, 4) is 0 Å². The monoisotopic (exact) mass is 325 g/mol. The Kier molecular flexibility index (Phi) is 4.07. The van der Waals surface area contributed by atoms with E-state index in [4.69, 9.17) is 5.73 Å². The van der Waals surface area contributed by atoms with Gasteiger partial charge in [0.05, 0.1) is 0 Å². The number of hydrogen-bond acceptors (Lipinski definition) is 4. The molecule has 0 aliphatic carbocycles. The molecule has 1 atom stereocenters. The first kappa shape index (κ1) is 15.8. The lowest BCUT2D eigenvalue weighted by Gasteiger charge is -2.26. The van der Waals surface area contributed by atoms with E-state index >= 15 is 0 Å². The number of aliphatic imine (C=N–C) groups is 1. The summed E-state index contributed by atoms with van der Waals surface area (Å²) in [6.07, 6.45) is 4.79. The van der Waals surface area contributed by atoms with E-state index in [-0.39, 0.29) is 24.8 Å². The SMILES string of the molecule is Cc1ccc(CN2C(=O)C3C=CC=NC3=[N+](CC(N)=O)C2=O)cc1. The topological polar surface area (TPSA) is 95.8 Å². The summed E-state index contributed by atoms with van der Waals surface area (Å²) in [5.41, 5.74) is 7.15. The van der Waals surface area contributed by atoms with E-state index in [1.807, 2.05) is 31.2 Å². The minimum absolute atomic E-state index is 0.133. The molecule has 2 aliphatic heterocycles. The number of primary amides is 1. The first-order valence-corrected chi connectivity index (χ1v) is 7.52. The van der Waals surface area contributed by atoms with Gasteiger partial charge in [0.25, 0.3) is 11.7 Å². The zero-order chi connectivity index (χ0) is 17.3. The van der Waals surface area contributed by atoms with E-state index in [9.17, 15) is 14.4 Å². The summed E-state index contributed by atoms with van der Waals surface area (Å²) in [6, 6.07) is 6.97. The second kappa shape index (κ2) is 6.19. The number of imide groups is 1. The summed E-state index contributed by atoms with van der Waals surface area (Å²) < 4.78 is 1.17. The predicted octanol–water partition coefficient (Wildman–Crippen LogP) is 0.610. The molecule has 0 spiro atoms. The van der Waals surface area contributed by atoms with E-state index in [0.29, 0.717) is 0 Å². The smallest absolute Gasteiger partial charge is 0.367 e. The summed E-state index contributed by atoms with van der Waals surface area (Å²) in [6.45, 7) is 1.78. The molecule has 1 aromatic rings. The number of nitrogens with zero attached hydrogens (tertiary/aromatic N) is 3. The standard InChI is InChI=1S/C17H16N4O3/c1-11-4-6-12(7-5-11)9-21-16(23)13-3-2-8-19-15(13)20(17(21)24)10-14(18)22/h2-8,13H,9-10H2,1H3,(H-,18,22)/p+1. The molecule has 0 saturated heterocycles. The van der Waals surface area contributed by atoms with Gasteiger partial charge < -0.3 is 5.73 Å². The highest BCUT2D eigenvalue weighted by Crippen LogP contribution is 2.20. The van der Waals surface area contributed by atoms with E-state index in [1.54, 1.807) is 12.2 Å². The largest absolute Gasteiger partial charge is 0.446 e. The van der Waals surface area contributed by atoms with Gasteiger partial charge in [-0.3, -0.25) is 9.59 Å². The first-order valence-electron chi connectivity index (χ1n) is 7.52. The summed E-state index contributed by atoms with van der Waals surface area (Å²) in [5, 5.41) is 0. The van der Waals surface area contributed by atoms with Crippen molar-refractivity contribution >= 4 is 29.9 Å². The average molecular weight is 325 g/mol. The first-order chi connectivity index (χ1) is 11.5. The Labute approximate surface area is 138 Å². The van der Waals surface area contributed by atoms with Crippen LogP contribution in [0.4, 0.5) is 4.79 Å². The molecular weight excluding hydrogens is 308 g/mol. The number of rotatable bonds is 4. The minimum Gasteiger partial charge on any atom is -0.367 e. The molecule has 0 saturated carbocycles. The van der Waals surface area contributed by atoms with Crippen molar-refractivity contribution in [2.75, 3.05) is 6.54 Å². The molecule has 24 heavy (non-hydrogen) atoms. The Morgan fingerprint density at radius 3 is 2.67 bits per heavy atom. The van der Waals surface area contributed by atoms with Crippen molar-refractivity contribution < 1.29 is 19.0 Å². The van der Waals surface area contributed by atoms with Gasteiger partial charge in [-0.25, -0.2) is 4.79 Å². The lowest BCUT2D eigenvalue weighted by molar-refractivity contribution is -0.430. The Balaban J connectivity index is 1.97. The number of aryl methyl sites for hydroxylation is 1. The lowest BCUT2D eigenvalue weighted by atomic mass is 10.0. The number of dihydropyridines is 1. The Morgan fingerprint density at radius 1 is 1.29 bits per heavy atom. The van der Waals surface area contributed by atoms with E-state index in [1.165, 1.54) is 10.8 Å². The van der Waals surface area contributed by atoms with Crippen LogP contribution in [0.25, 0.3) is 0 Å². The highest BCUT2D eigenvalue weighted by Gasteiger charge is 2.46. The van der Waals surface area contributed by atoms with Gasteiger partial charge in [-0.2, -0.15) is 9.48 Å². The maximum Gasteiger partial charge on any atom is 0.446 e. The number of hydrogen-bond donors (Lipinski definition) is 1. The van der Waals surface area contributed by atoms with Crippen LogP contribution in [-0.4, -0.2) is 45.9 Å². The van der Waals surface area contributed by atoms with Gasteiger partial charge in [0, 0.05) is 0 Å². The van der Waals surface area contributed by atoms with Gasteiger partial charge in [0.15, 0.2) is 12.5 Å². The van der Waals surface area contributed by atoms with Gasteiger partial charge in [0.2, 0.25) is 0 Å². The molecule has 2 N–H and O–H groups in total. The Bertz CT molecular complexity index is 806. The fraction of sp³-hybridized carbons (Fsp3) is 0.235. The molecule has 0 aromatic heterocycles. The second-order valence-electron chi connectivity index (χ2n) is 5.74. The molecule has 0 fully saturated rings. The van der Waals surface area contributed by atoms with E-state index in [0.717, 1.165) is 16.0 Å². The summed E-state index contributed by atoms with van der Waals surface area (Å²) in [4.78, 5) is 41.9. The van der Waals surface area contributed by atoms with Crippen molar-refractivity contribution in [2.24, 2.45) is 16.6 Å². The van der Waals surface area contributed by atoms with Crippen molar-refractivity contribution in [1.82, 2.24) is 4.90 Å². The van der Waals surface area contributed by atoms with Gasteiger partial charge in [0.1, 0.15) is 12.8 Å². The van der Waals surface area contributed by atoms with E-state index < -0.39 is 17.9 Å². The molecule has 122 valence electrons. The highest BCUT2D eigenvalue weighted by molar-refractivity contribution is 6.15. The van der Waals surface area contributed by atoms with Gasteiger partial charge in [-0.05, 0) is 18.6 Å². The van der Waals surface area contributed by atoms with Crippen LogP contribution in [0.2, 0.25) is 0 Å². The minimum atomic E-state index is -0.683. The quantitative estimate of drug-likeness (QED) is 0.822. The Morgan fingerprint density at radius 2 is 2.00 bits per heavy atom. The molecule has 0 radical (unpaired) electrons. The maximum atomic E-state index is 12.7. The van der Waals surface area contributed by atoms with Crippen LogP contribution in [0.15, 0.2) is 41.4 Å². The molecule has 2 heterocycles. The van der Waals surface area contributed by atoms with Crippen LogP contribution in [0, 0.1) is 12.8 Å². The third-order valence-electron chi connectivity index (χ3n) is 3.92. The van der Waals surface area contributed by atoms with Crippen molar-refractivity contribution in [2.45, 2.75) is 13.5 Å². The number of urea groups is 1. The number of carbonyl (C=O) groups is 3. The fourth-order valence-corrected chi connectivity index (χ4v) is 2.71. The molecule has 3 rings (SSSR count). The molecule has 7 nitrogen and oxygen atoms in total. The molecule has 7 heteroatoms. The maximum absolute atomic E-state index is 12.7. The van der Waals surface area contributed by atoms with Crippen molar-refractivity contribution in [3.05, 3.63) is 47.5 Å². The third kappa shape index (κ3) is 2.88. The zero-order valence-corrected chi connectivity index (χ0v) is 13.2. The number of benzene rings is 1. The fourth-order valence-electron chi connectivity index (χ4n) is 2.71. The van der Waals surface area contributed by atoms with Crippen LogP contribution in [0.3, 0.4) is 0 Å². The summed E-state index contributed by atoms with van der Waals surface area (Å²) in [5.74, 6) is -1.46. The average Bonchev–Trinajstić information content (AvgIpc) is 2.57. The second-order valence-corrected chi connectivity index (χ2v) is 5.74. The van der Waals surface area contributed by atoms with Crippen LogP contribution >= 0.6 is 0 Å². The number of allylic oxidation sites excluding steroid dienone is 1. The molecule has 1 aromatic carbocycles. The number of fused-ring (bicyclic) bond motifs is 1. The van der Waals surface area contributed by atoms with Crippen LogP contribution in [-0.2, 0) is 16.1 Å². The highest BCUT2D eigenvalue weighted by atomic mass is 16.2. The van der Waals surface area contributed by atoms with Crippen LogP contribution < -0.4 is 5.73 Å². The molecular formula is C17H17N4O3+. The normalized spacial score (nSPS) is 19.7. The van der Waals surface area contributed by atoms with Crippen LogP contribution in [0.5, 0.6) is 0 Å². The van der Waals surface area contributed by atoms with E-state index in [2.05, 4.69) is 4.99 Å². The van der Waals surface area contributed by atoms with Crippen molar-refractivity contribution in [1.29, 1.82) is 0 Å².